The molecule has 0 aliphatic heterocycles. The van der Waals surface area contributed by atoms with Crippen molar-refractivity contribution in [2.75, 3.05) is 5.32 Å². The Bertz CT molecular complexity index is 673. The van der Waals surface area contributed by atoms with E-state index in [9.17, 15) is 4.79 Å². The summed E-state index contributed by atoms with van der Waals surface area (Å²) in [5.41, 5.74) is 3.16. The van der Waals surface area contributed by atoms with Crippen molar-refractivity contribution in [2.24, 2.45) is 7.05 Å². The smallest absolute Gasteiger partial charge is 0.249 e. The third kappa shape index (κ3) is 2.81. The van der Waals surface area contributed by atoms with Crippen LogP contribution in [0.15, 0.2) is 6.20 Å². The number of nitrogens with one attached hydrogen (secondary N) is 1. The van der Waals surface area contributed by atoms with E-state index in [4.69, 9.17) is 11.6 Å². The number of rotatable bonds is 4. The van der Waals surface area contributed by atoms with Crippen LogP contribution in [0.25, 0.3) is 0 Å². The number of hydrogen-bond donors (Lipinski definition) is 1. The molecule has 2 rings (SSSR count). The Morgan fingerprint density at radius 2 is 2.05 bits per heavy atom. The largest absolute Gasteiger partial charge is 0.321 e. The maximum atomic E-state index is 12.5. The minimum absolute atomic E-state index is 0.115. The number of hydrogen-bond acceptors (Lipinski definition) is 3. The summed E-state index contributed by atoms with van der Waals surface area (Å²) in [6.45, 7) is 7.56. The number of nitrogens with zero attached hydrogens (tertiary/aromatic N) is 4. The lowest BCUT2D eigenvalue weighted by molar-refractivity contribution is -0.119. The number of aromatic nitrogens is 4. The van der Waals surface area contributed by atoms with Crippen molar-refractivity contribution in [3.8, 4) is 0 Å². The molecular weight excluding hydrogens is 290 g/mol. The molecule has 1 N–H and O–H groups in total. The first-order valence-corrected chi connectivity index (χ1v) is 7.25. The van der Waals surface area contributed by atoms with Gasteiger partial charge in [-0.15, -0.1) is 0 Å². The molecule has 2 aromatic rings. The summed E-state index contributed by atoms with van der Waals surface area (Å²) in [5.74, 6) is -0.115. The summed E-state index contributed by atoms with van der Waals surface area (Å²) in [6.07, 6.45) is 2.28. The van der Waals surface area contributed by atoms with Crippen molar-refractivity contribution in [3.63, 3.8) is 0 Å². The highest BCUT2D eigenvalue weighted by atomic mass is 35.5. The molecule has 2 aromatic heterocycles. The van der Waals surface area contributed by atoms with E-state index >= 15 is 0 Å². The number of anilines is 1. The molecule has 0 fully saturated rings. The molecule has 114 valence electrons. The molecule has 1 atom stereocenters. The molecule has 6 nitrogen and oxygen atoms in total. The molecular formula is C14H20ClN5O. The van der Waals surface area contributed by atoms with Gasteiger partial charge >= 0.3 is 0 Å². The molecule has 0 saturated heterocycles. The Morgan fingerprint density at radius 3 is 2.48 bits per heavy atom. The van der Waals surface area contributed by atoms with Crippen LogP contribution in [0.2, 0.25) is 5.02 Å². The van der Waals surface area contributed by atoms with Gasteiger partial charge in [-0.2, -0.15) is 10.2 Å². The zero-order valence-corrected chi connectivity index (χ0v) is 13.7. The van der Waals surface area contributed by atoms with Gasteiger partial charge in [0, 0.05) is 7.05 Å². The van der Waals surface area contributed by atoms with Crippen LogP contribution in [-0.2, 0) is 11.8 Å². The maximum Gasteiger partial charge on any atom is 0.249 e. The molecule has 0 radical (unpaired) electrons. The summed E-state index contributed by atoms with van der Waals surface area (Å²) in [6, 6.07) is -0.393. The second-order valence-corrected chi connectivity index (χ2v) is 5.49. The third-order valence-corrected chi connectivity index (χ3v) is 4.26. The Kier molecular flexibility index (Phi) is 4.37. The van der Waals surface area contributed by atoms with Crippen LogP contribution in [0.5, 0.6) is 0 Å². The van der Waals surface area contributed by atoms with E-state index in [-0.39, 0.29) is 5.91 Å². The molecule has 0 bridgehead atoms. The van der Waals surface area contributed by atoms with Crippen LogP contribution in [-0.4, -0.2) is 25.5 Å². The molecule has 0 aliphatic carbocycles. The second-order valence-electron chi connectivity index (χ2n) is 5.11. The highest BCUT2D eigenvalue weighted by molar-refractivity contribution is 6.31. The predicted molar refractivity (Wildman–Crippen MR) is 82.6 cm³/mol. The third-order valence-electron chi connectivity index (χ3n) is 3.71. The fourth-order valence-corrected chi connectivity index (χ4v) is 2.38. The number of halogens is 1. The minimum atomic E-state index is -0.393. The van der Waals surface area contributed by atoms with E-state index in [0.717, 1.165) is 17.1 Å². The van der Waals surface area contributed by atoms with Crippen LogP contribution < -0.4 is 5.32 Å². The van der Waals surface area contributed by atoms with Crippen molar-refractivity contribution in [3.05, 3.63) is 28.3 Å². The lowest BCUT2D eigenvalue weighted by Gasteiger charge is -2.17. The molecule has 0 spiro atoms. The standard InChI is InChI=1S/C14H20ClN5O/c1-6-12(20-10(4)13(15)8(2)18-20)14(21)17-11-7-16-19(5)9(11)3/h7,12H,6H2,1-5H3,(H,17,21). The average molecular weight is 310 g/mol. The number of aryl methyl sites for hydroxylation is 2. The molecule has 0 saturated carbocycles. The second kappa shape index (κ2) is 5.89. The van der Waals surface area contributed by atoms with Crippen LogP contribution >= 0.6 is 11.6 Å². The fraction of sp³-hybridized carbons (Fsp3) is 0.500. The van der Waals surface area contributed by atoms with Crippen LogP contribution in [0.4, 0.5) is 5.69 Å². The Balaban J connectivity index is 2.27. The van der Waals surface area contributed by atoms with E-state index in [1.54, 1.807) is 15.6 Å². The average Bonchev–Trinajstić information content (AvgIpc) is 2.88. The molecule has 0 aromatic carbocycles. The zero-order valence-electron chi connectivity index (χ0n) is 12.9. The van der Waals surface area contributed by atoms with Gasteiger partial charge in [0.2, 0.25) is 5.91 Å². The van der Waals surface area contributed by atoms with Gasteiger partial charge in [0.15, 0.2) is 0 Å². The highest BCUT2D eigenvalue weighted by Gasteiger charge is 2.24. The predicted octanol–water partition coefficient (Wildman–Crippen LogP) is 2.79. The summed E-state index contributed by atoms with van der Waals surface area (Å²) in [5, 5.41) is 12.0. The molecule has 7 heteroatoms. The van der Waals surface area contributed by atoms with Gasteiger partial charge in [-0.1, -0.05) is 18.5 Å². The topological polar surface area (TPSA) is 64.7 Å². The van der Waals surface area contributed by atoms with E-state index in [2.05, 4.69) is 15.5 Å². The van der Waals surface area contributed by atoms with Gasteiger partial charge in [0.1, 0.15) is 6.04 Å². The molecule has 0 aliphatic rings. The van der Waals surface area contributed by atoms with Crippen molar-refractivity contribution in [1.82, 2.24) is 19.6 Å². The van der Waals surface area contributed by atoms with Crippen molar-refractivity contribution < 1.29 is 4.79 Å². The molecule has 21 heavy (non-hydrogen) atoms. The van der Waals surface area contributed by atoms with Crippen molar-refractivity contribution >= 4 is 23.2 Å². The normalized spacial score (nSPS) is 12.5. The van der Waals surface area contributed by atoms with E-state index < -0.39 is 6.04 Å². The molecule has 1 unspecified atom stereocenters. The summed E-state index contributed by atoms with van der Waals surface area (Å²) < 4.78 is 3.41. The highest BCUT2D eigenvalue weighted by Crippen LogP contribution is 2.25. The fourth-order valence-electron chi connectivity index (χ4n) is 2.25. The lowest BCUT2D eigenvalue weighted by atomic mass is 10.2. The van der Waals surface area contributed by atoms with Crippen LogP contribution in [0.3, 0.4) is 0 Å². The quantitative estimate of drug-likeness (QED) is 0.944. The monoisotopic (exact) mass is 309 g/mol. The lowest BCUT2D eigenvalue weighted by Crippen LogP contribution is -2.27. The van der Waals surface area contributed by atoms with Crippen molar-refractivity contribution in [2.45, 2.75) is 40.2 Å². The maximum absolute atomic E-state index is 12.5. The number of carbonyl (C=O) groups is 1. The van der Waals surface area contributed by atoms with Crippen molar-refractivity contribution in [1.29, 1.82) is 0 Å². The Morgan fingerprint density at radius 1 is 1.38 bits per heavy atom. The zero-order chi connectivity index (χ0) is 15.7. The number of amides is 1. The SMILES string of the molecule is CCC(C(=O)Nc1cnn(C)c1C)n1nc(C)c(Cl)c1C. The van der Waals surface area contributed by atoms with E-state index in [1.165, 1.54) is 0 Å². The first-order chi connectivity index (χ1) is 9.86. The van der Waals surface area contributed by atoms with Gasteiger partial charge in [0.25, 0.3) is 0 Å². The van der Waals surface area contributed by atoms with E-state index in [0.29, 0.717) is 17.1 Å². The van der Waals surface area contributed by atoms with Crippen LogP contribution in [0.1, 0.15) is 36.5 Å². The summed E-state index contributed by atoms with van der Waals surface area (Å²) >= 11 is 6.16. The minimum Gasteiger partial charge on any atom is -0.321 e. The van der Waals surface area contributed by atoms with Crippen LogP contribution in [0, 0.1) is 20.8 Å². The van der Waals surface area contributed by atoms with Gasteiger partial charge < -0.3 is 5.32 Å². The summed E-state index contributed by atoms with van der Waals surface area (Å²) in [7, 11) is 1.84. The first-order valence-electron chi connectivity index (χ1n) is 6.87. The Hall–Kier alpha value is -1.82. The van der Waals surface area contributed by atoms with Gasteiger partial charge in [-0.25, -0.2) is 0 Å². The number of carbonyl (C=O) groups excluding carboxylic acids is 1. The van der Waals surface area contributed by atoms with E-state index in [1.807, 2.05) is 34.7 Å². The molecule has 1 amide bonds. The van der Waals surface area contributed by atoms with Gasteiger partial charge in [-0.05, 0) is 27.2 Å². The molecule has 2 heterocycles. The Labute approximate surface area is 129 Å². The summed E-state index contributed by atoms with van der Waals surface area (Å²) in [4.78, 5) is 12.5. The first kappa shape index (κ1) is 15.6. The van der Waals surface area contributed by atoms with Gasteiger partial charge in [-0.3, -0.25) is 14.2 Å². The van der Waals surface area contributed by atoms with Gasteiger partial charge in [0.05, 0.1) is 34.0 Å².